The third-order valence-corrected chi connectivity index (χ3v) is 2.56. The minimum atomic E-state index is -1.07. The van der Waals surface area contributed by atoms with E-state index in [1.807, 2.05) is 0 Å². The van der Waals surface area contributed by atoms with Crippen molar-refractivity contribution in [2.45, 2.75) is 12.5 Å². The van der Waals surface area contributed by atoms with Gasteiger partial charge >= 0.3 is 0 Å². The molecule has 0 aliphatic carbocycles. The Morgan fingerprint density at radius 3 is 2.50 bits per heavy atom. The van der Waals surface area contributed by atoms with E-state index in [4.69, 9.17) is 34.0 Å². The molecule has 0 heterocycles. The molecule has 1 aromatic carbocycles. The van der Waals surface area contributed by atoms with Gasteiger partial charge < -0.3 is 10.8 Å². The summed E-state index contributed by atoms with van der Waals surface area (Å²) in [6.45, 7) is 1.23. The van der Waals surface area contributed by atoms with Crippen LogP contribution in [0.4, 0.5) is 4.39 Å². The molecule has 0 bridgehead atoms. The predicted octanol–water partition coefficient (Wildman–Crippen LogP) is 2.30. The van der Waals surface area contributed by atoms with Gasteiger partial charge in [-0.1, -0.05) is 23.2 Å². The maximum absolute atomic E-state index is 13.1. The molecule has 5 heteroatoms. The van der Waals surface area contributed by atoms with Gasteiger partial charge in [-0.3, -0.25) is 0 Å². The molecule has 14 heavy (non-hydrogen) atoms. The first-order valence-corrected chi connectivity index (χ1v) is 4.69. The Kier molecular flexibility index (Phi) is 3.37. The third-order valence-electron chi connectivity index (χ3n) is 1.95. The zero-order chi connectivity index (χ0) is 10.9. The molecular formula is C9H10Cl2FNO. The van der Waals surface area contributed by atoms with Gasteiger partial charge in [-0.15, -0.1) is 0 Å². The quantitative estimate of drug-likeness (QED) is 0.776. The monoisotopic (exact) mass is 237 g/mol. The van der Waals surface area contributed by atoms with Crippen molar-refractivity contribution in [2.75, 3.05) is 6.61 Å². The van der Waals surface area contributed by atoms with Gasteiger partial charge in [0, 0.05) is 5.02 Å². The predicted molar refractivity (Wildman–Crippen MR) is 55.0 cm³/mol. The normalized spacial score (nSPS) is 15.3. The van der Waals surface area contributed by atoms with Crippen LogP contribution in [0.3, 0.4) is 0 Å². The van der Waals surface area contributed by atoms with Crippen LogP contribution in [0.1, 0.15) is 12.5 Å². The summed E-state index contributed by atoms with van der Waals surface area (Å²) in [5, 5.41) is 9.18. The Bertz CT molecular complexity index is 355. The number of aliphatic hydroxyl groups is 1. The van der Waals surface area contributed by atoms with Gasteiger partial charge in [0.15, 0.2) is 0 Å². The lowest BCUT2D eigenvalue weighted by Crippen LogP contribution is -2.37. The average Bonchev–Trinajstić information content (AvgIpc) is 2.11. The molecule has 0 fully saturated rings. The van der Waals surface area contributed by atoms with E-state index in [1.54, 1.807) is 6.92 Å². The Morgan fingerprint density at radius 2 is 2.00 bits per heavy atom. The first kappa shape index (κ1) is 11.7. The second-order valence-electron chi connectivity index (χ2n) is 3.32. The van der Waals surface area contributed by atoms with Crippen molar-refractivity contribution in [1.82, 2.24) is 0 Å². The summed E-state index contributed by atoms with van der Waals surface area (Å²) in [4.78, 5) is 0. The molecule has 0 aliphatic rings. The van der Waals surface area contributed by atoms with Gasteiger partial charge in [0.05, 0.1) is 17.2 Å². The molecule has 1 aromatic rings. The zero-order valence-electron chi connectivity index (χ0n) is 7.52. The van der Waals surface area contributed by atoms with Crippen LogP contribution in [0, 0.1) is 5.82 Å². The largest absolute Gasteiger partial charge is 0.394 e. The third kappa shape index (κ3) is 2.17. The van der Waals surface area contributed by atoms with Crippen molar-refractivity contribution >= 4 is 23.2 Å². The lowest BCUT2D eigenvalue weighted by Gasteiger charge is -2.23. The van der Waals surface area contributed by atoms with Crippen LogP contribution in [0.15, 0.2) is 12.1 Å². The summed E-state index contributed by atoms with van der Waals surface area (Å²) >= 11 is 11.3. The van der Waals surface area contributed by atoms with E-state index >= 15 is 0 Å². The Balaban J connectivity index is 3.29. The molecule has 2 nitrogen and oxygen atoms in total. The van der Waals surface area contributed by atoms with E-state index < -0.39 is 11.4 Å². The molecule has 0 amide bonds. The smallest absolute Gasteiger partial charge is 0.142 e. The van der Waals surface area contributed by atoms with Crippen molar-refractivity contribution in [3.8, 4) is 0 Å². The van der Waals surface area contributed by atoms with Crippen LogP contribution in [-0.2, 0) is 5.54 Å². The topological polar surface area (TPSA) is 46.2 Å². The van der Waals surface area contributed by atoms with Crippen LogP contribution in [0.2, 0.25) is 10.0 Å². The number of hydrogen-bond acceptors (Lipinski definition) is 2. The molecule has 1 atom stereocenters. The number of halogens is 3. The second kappa shape index (κ2) is 4.03. The summed E-state index contributed by atoms with van der Waals surface area (Å²) in [6, 6.07) is 2.41. The Labute approximate surface area is 91.4 Å². The number of benzene rings is 1. The maximum Gasteiger partial charge on any atom is 0.142 e. The molecule has 0 unspecified atom stereocenters. The lowest BCUT2D eigenvalue weighted by atomic mass is 9.94. The summed E-state index contributed by atoms with van der Waals surface area (Å²) in [7, 11) is 0. The van der Waals surface area contributed by atoms with Gasteiger partial charge in [0.2, 0.25) is 0 Å². The molecular weight excluding hydrogens is 228 g/mol. The van der Waals surface area contributed by atoms with Crippen LogP contribution >= 0.6 is 23.2 Å². The summed E-state index contributed by atoms with van der Waals surface area (Å²) in [5.74, 6) is -0.601. The van der Waals surface area contributed by atoms with Crippen molar-refractivity contribution in [1.29, 1.82) is 0 Å². The molecule has 78 valence electrons. The molecule has 1 rings (SSSR count). The van der Waals surface area contributed by atoms with Crippen LogP contribution in [-0.4, -0.2) is 11.7 Å². The number of hydrogen-bond donors (Lipinski definition) is 2. The van der Waals surface area contributed by atoms with E-state index in [9.17, 15) is 4.39 Å². The van der Waals surface area contributed by atoms with Gasteiger partial charge in [-0.2, -0.15) is 0 Å². The first-order chi connectivity index (χ1) is 6.38. The number of nitrogens with two attached hydrogens (primary N) is 1. The molecule has 0 spiro atoms. The van der Waals surface area contributed by atoms with Gasteiger partial charge in [0.25, 0.3) is 0 Å². The second-order valence-corrected chi connectivity index (χ2v) is 4.14. The maximum atomic E-state index is 13.1. The SMILES string of the molecule is C[C@](N)(CO)c1cc(F)c(Cl)cc1Cl. The Hall–Kier alpha value is -0.350. The molecule has 0 aromatic heterocycles. The molecule has 0 saturated heterocycles. The highest BCUT2D eigenvalue weighted by molar-refractivity contribution is 6.35. The number of aliphatic hydroxyl groups excluding tert-OH is 1. The van der Waals surface area contributed by atoms with E-state index in [-0.39, 0.29) is 16.7 Å². The van der Waals surface area contributed by atoms with E-state index in [0.717, 1.165) is 6.07 Å². The van der Waals surface area contributed by atoms with Crippen molar-refractivity contribution in [3.63, 3.8) is 0 Å². The van der Waals surface area contributed by atoms with E-state index in [0.29, 0.717) is 5.56 Å². The van der Waals surface area contributed by atoms with Crippen molar-refractivity contribution < 1.29 is 9.50 Å². The molecule has 3 N–H and O–H groups in total. The highest BCUT2D eigenvalue weighted by atomic mass is 35.5. The van der Waals surface area contributed by atoms with E-state index in [2.05, 4.69) is 0 Å². The zero-order valence-corrected chi connectivity index (χ0v) is 9.03. The highest BCUT2D eigenvalue weighted by Gasteiger charge is 2.24. The summed E-state index contributed by atoms with van der Waals surface area (Å²) < 4.78 is 13.1. The van der Waals surface area contributed by atoms with Crippen LogP contribution < -0.4 is 5.73 Å². The fourth-order valence-electron chi connectivity index (χ4n) is 1.05. The molecule has 0 aliphatic heterocycles. The van der Waals surface area contributed by atoms with Crippen molar-refractivity contribution in [3.05, 3.63) is 33.6 Å². The molecule has 0 radical (unpaired) electrons. The van der Waals surface area contributed by atoms with E-state index in [1.165, 1.54) is 6.07 Å². The van der Waals surface area contributed by atoms with Crippen molar-refractivity contribution in [2.24, 2.45) is 5.73 Å². The van der Waals surface area contributed by atoms with Crippen LogP contribution in [0.5, 0.6) is 0 Å². The standard InChI is InChI=1S/C9H10Cl2FNO/c1-9(13,4-14)5-2-8(12)7(11)3-6(5)10/h2-3,14H,4,13H2,1H3/t9-/m0/s1. The molecule has 0 saturated carbocycles. The van der Waals surface area contributed by atoms with Gasteiger partial charge in [-0.25, -0.2) is 4.39 Å². The van der Waals surface area contributed by atoms with Gasteiger partial charge in [0.1, 0.15) is 5.82 Å². The summed E-state index contributed by atoms with van der Waals surface area (Å²) in [6.07, 6.45) is 0. The van der Waals surface area contributed by atoms with Crippen LogP contribution in [0.25, 0.3) is 0 Å². The fourth-order valence-corrected chi connectivity index (χ4v) is 1.64. The minimum absolute atomic E-state index is 0.0625. The number of rotatable bonds is 2. The average molecular weight is 238 g/mol. The Morgan fingerprint density at radius 1 is 1.43 bits per heavy atom. The lowest BCUT2D eigenvalue weighted by molar-refractivity contribution is 0.210. The first-order valence-electron chi connectivity index (χ1n) is 3.93. The fraction of sp³-hybridized carbons (Fsp3) is 0.333. The summed E-state index contributed by atoms with van der Waals surface area (Å²) in [5.41, 5.74) is 4.98. The van der Waals surface area contributed by atoms with Gasteiger partial charge in [-0.05, 0) is 24.6 Å². The highest BCUT2D eigenvalue weighted by Crippen LogP contribution is 2.30. The minimum Gasteiger partial charge on any atom is -0.394 e.